The van der Waals surface area contributed by atoms with Crippen molar-refractivity contribution in [3.8, 4) is 0 Å². The largest absolute Gasteiger partial charge is 0.462 e. The number of halogens is 2. The van der Waals surface area contributed by atoms with Gasteiger partial charge in [-0.2, -0.15) is 0 Å². The third-order valence-electron chi connectivity index (χ3n) is 3.48. The average molecular weight is 352 g/mol. The molecule has 1 aromatic rings. The number of carbonyl (C=O) groups is 1. The lowest BCUT2D eigenvalue weighted by Gasteiger charge is -2.12. The lowest BCUT2D eigenvalue weighted by atomic mass is 10.1. The van der Waals surface area contributed by atoms with Gasteiger partial charge in [-0.05, 0) is 30.9 Å². The van der Waals surface area contributed by atoms with Crippen LogP contribution in [0.15, 0.2) is 17.0 Å². The van der Waals surface area contributed by atoms with Gasteiger partial charge in [0.25, 0.3) is 0 Å². The number of nitrogens with two attached hydrogens (primary N) is 1. The van der Waals surface area contributed by atoms with Crippen LogP contribution < -0.4 is 5.14 Å². The predicted molar refractivity (Wildman–Crippen MR) is 80.1 cm³/mol. The number of carbonyl (C=O) groups excluding carboxylic acids is 1. The van der Waals surface area contributed by atoms with E-state index in [1.165, 1.54) is 0 Å². The summed E-state index contributed by atoms with van der Waals surface area (Å²) in [6.45, 7) is 0.298. The Morgan fingerprint density at radius 2 is 1.90 bits per heavy atom. The topological polar surface area (TPSA) is 86.5 Å². The molecule has 1 aliphatic rings. The van der Waals surface area contributed by atoms with Gasteiger partial charge in [0.2, 0.25) is 10.0 Å². The third-order valence-corrected chi connectivity index (χ3v) is 5.17. The van der Waals surface area contributed by atoms with Crippen LogP contribution in [0.25, 0.3) is 0 Å². The smallest absolute Gasteiger partial charge is 0.339 e. The molecule has 2 rings (SSSR count). The molecule has 0 heterocycles. The minimum Gasteiger partial charge on any atom is -0.462 e. The molecule has 1 aliphatic carbocycles. The number of primary sulfonamides is 1. The number of hydrogen-bond acceptors (Lipinski definition) is 4. The molecule has 0 aliphatic heterocycles. The van der Waals surface area contributed by atoms with E-state index >= 15 is 0 Å². The zero-order valence-corrected chi connectivity index (χ0v) is 13.5. The van der Waals surface area contributed by atoms with Crippen LogP contribution in [0.4, 0.5) is 0 Å². The quantitative estimate of drug-likeness (QED) is 0.844. The summed E-state index contributed by atoms with van der Waals surface area (Å²) in [5, 5.41) is 4.94. The molecule has 0 aromatic heterocycles. The average Bonchev–Trinajstić information content (AvgIpc) is 2.91. The molecule has 21 heavy (non-hydrogen) atoms. The summed E-state index contributed by atoms with van der Waals surface area (Å²) in [5.74, 6) is -0.344. The Kier molecular flexibility index (Phi) is 5.14. The number of hydrogen-bond donors (Lipinski definition) is 1. The fourth-order valence-corrected chi connectivity index (χ4v) is 3.36. The lowest BCUT2D eigenvalue weighted by molar-refractivity contribution is 0.0442. The molecular formula is C13H15Cl2NO4S. The minimum absolute atomic E-state index is 0.0412. The second-order valence-electron chi connectivity index (χ2n) is 5.06. The summed E-state index contributed by atoms with van der Waals surface area (Å²) >= 11 is 11.8. The minimum atomic E-state index is -3.98. The van der Waals surface area contributed by atoms with Crippen molar-refractivity contribution in [3.05, 3.63) is 27.7 Å². The maximum absolute atomic E-state index is 12.1. The Bertz CT molecular complexity index is 654. The van der Waals surface area contributed by atoms with E-state index in [-0.39, 0.29) is 20.5 Å². The zero-order valence-electron chi connectivity index (χ0n) is 11.1. The summed E-state index contributed by atoms with van der Waals surface area (Å²) in [4.78, 5) is 11.8. The number of rotatable bonds is 4. The van der Waals surface area contributed by atoms with E-state index in [0.29, 0.717) is 12.5 Å². The molecule has 8 heteroatoms. The second kappa shape index (κ2) is 6.52. The van der Waals surface area contributed by atoms with Crippen molar-refractivity contribution in [1.82, 2.24) is 0 Å². The van der Waals surface area contributed by atoms with Crippen molar-refractivity contribution in [1.29, 1.82) is 0 Å². The van der Waals surface area contributed by atoms with Gasteiger partial charge in [0.15, 0.2) is 0 Å². The van der Waals surface area contributed by atoms with Crippen LogP contribution in [0.5, 0.6) is 0 Å². The molecule has 0 spiro atoms. The van der Waals surface area contributed by atoms with Gasteiger partial charge in [0, 0.05) is 0 Å². The molecule has 0 amide bonds. The third kappa shape index (κ3) is 4.10. The van der Waals surface area contributed by atoms with Gasteiger partial charge in [-0.3, -0.25) is 0 Å². The highest BCUT2D eigenvalue weighted by atomic mass is 35.5. The highest BCUT2D eigenvalue weighted by molar-refractivity contribution is 7.89. The molecule has 0 bridgehead atoms. The summed E-state index contributed by atoms with van der Waals surface area (Å²) in [6.07, 6.45) is 4.32. The fraction of sp³-hybridized carbons (Fsp3) is 0.462. The lowest BCUT2D eigenvalue weighted by Crippen LogP contribution is -2.16. The van der Waals surface area contributed by atoms with Gasteiger partial charge in [0.05, 0.1) is 27.1 Å². The molecule has 0 saturated heterocycles. The van der Waals surface area contributed by atoms with E-state index in [1.807, 2.05) is 0 Å². The molecule has 2 N–H and O–H groups in total. The highest BCUT2D eigenvalue weighted by Crippen LogP contribution is 2.30. The van der Waals surface area contributed by atoms with Crippen molar-refractivity contribution < 1.29 is 17.9 Å². The molecular weight excluding hydrogens is 337 g/mol. The maximum atomic E-state index is 12.1. The van der Waals surface area contributed by atoms with Crippen LogP contribution >= 0.6 is 23.2 Å². The number of sulfonamides is 1. The van der Waals surface area contributed by atoms with E-state index in [9.17, 15) is 13.2 Å². The predicted octanol–water partition coefficient (Wildman–Crippen LogP) is 2.99. The van der Waals surface area contributed by atoms with Gasteiger partial charge in [0.1, 0.15) is 0 Å². The van der Waals surface area contributed by atoms with E-state index in [0.717, 1.165) is 37.8 Å². The highest BCUT2D eigenvalue weighted by Gasteiger charge is 2.22. The SMILES string of the molecule is NS(=O)(=O)c1cc(Cl)c(Cl)c(C(=O)OCC2CCCC2)c1. The molecule has 116 valence electrons. The summed E-state index contributed by atoms with van der Waals surface area (Å²) in [5.41, 5.74) is -0.0915. The zero-order chi connectivity index (χ0) is 15.6. The fourth-order valence-electron chi connectivity index (χ4n) is 2.33. The maximum Gasteiger partial charge on any atom is 0.339 e. The van der Waals surface area contributed by atoms with Crippen molar-refractivity contribution in [3.63, 3.8) is 0 Å². The number of ether oxygens (including phenoxy) is 1. The Morgan fingerprint density at radius 1 is 1.29 bits per heavy atom. The Morgan fingerprint density at radius 3 is 2.48 bits per heavy atom. The Labute approximate surface area is 133 Å². The van der Waals surface area contributed by atoms with Crippen LogP contribution in [0.3, 0.4) is 0 Å². The van der Waals surface area contributed by atoms with Crippen molar-refractivity contribution in [2.75, 3.05) is 6.61 Å². The van der Waals surface area contributed by atoms with Gasteiger partial charge < -0.3 is 4.74 Å². The molecule has 1 fully saturated rings. The van der Waals surface area contributed by atoms with E-state index < -0.39 is 16.0 Å². The number of esters is 1. The molecule has 0 unspecified atom stereocenters. The number of benzene rings is 1. The summed E-state index contributed by atoms with van der Waals surface area (Å²) in [7, 11) is -3.98. The van der Waals surface area contributed by atoms with Crippen LogP contribution in [-0.4, -0.2) is 21.0 Å². The summed E-state index contributed by atoms with van der Waals surface area (Å²) < 4.78 is 27.9. The normalized spacial score (nSPS) is 16.1. The standard InChI is InChI=1S/C13H15Cl2NO4S/c14-11-6-9(21(16,18)19)5-10(12(11)15)13(17)20-7-8-3-1-2-4-8/h5-6,8H,1-4,7H2,(H2,16,18,19). The molecule has 1 aromatic carbocycles. The second-order valence-corrected chi connectivity index (χ2v) is 7.41. The van der Waals surface area contributed by atoms with Gasteiger partial charge >= 0.3 is 5.97 Å². The van der Waals surface area contributed by atoms with Crippen LogP contribution in [0.2, 0.25) is 10.0 Å². The summed E-state index contributed by atoms with van der Waals surface area (Å²) in [6, 6.07) is 2.19. The van der Waals surface area contributed by atoms with E-state index in [1.54, 1.807) is 0 Å². The van der Waals surface area contributed by atoms with Crippen LogP contribution in [0, 0.1) is 5.92 Å². The first kappa shape index (κ1) is 16.5. The van der Waals surface area contributed by atoms with E-state index in [2.05, 4.69) is 0 Å². The first-order chi connectivity index (χ1) is 9.79. The monoisotopic (exact) mass is 351 g/mol. The van der Waals surface area contributed by atoms with Crippen LogP contribution in [-0.2, 0) is 14.8 Å². The Balaban J connectivity index is 2.21. The van der Waals surface area contributed by atoms with Gasteiger partial charge in [-0.25, -0.2) is 18.4 Å². The molecule has 0 radical (unpaired) electrons. The first-order valence-corrected chi connectivity index (χ1v) is 8.78. The van der Waals surface area contributed by atoms with Gasteiger partial charge in [-0.15, -0.1) is 0 Å². The Hall–Kier alpha value is -0.820. The first-order valence-electron chi connectivity index (χ1n) is 6.48. The van der Waals surface area contributed by atoms with Crippen molar-refractivity contribution in [2.24, 2.45) is 11.1 Å². The molecule has 0 atom stereocenters. The van der Waals surface area contributed by atoms with Gasteiger partial charge in [-0.1, -0.05) is 36.0 Å². The molecule has 1 saturated carbocycles. The van der Waals surface area contributed by atoms with Crippen molar-refractivity contribution >= 4 is 39.2 Å². The van der Waals surface area contributed by atoms with Crippen molar-refractivity contribution in [2.45, 2.75) is 30.6 Å². The van der Waals surface area contributed by atoms with Crippen LogP contribution in [0.1, 0.15) is 36.0 Å². The molecule has 5 nitrogen and oxygen atoms in total. The van der Waals surface area contributed by atoms with E-state index in [4.69, 9.17) is 33.1 Å².